The molecule has 0 saturated heterocycles. The van der Waals surface area contributed by atoms with Crippen LogP contribution in [0.25, 0.3) is 21.9 Å². The van der Waals surface area contributed by atoms with Gasteiger partial charge in [-0.1, -0.05) is 30.0 Å². The molecule has 0 radical (unpaired) electrons. The summed E-state index contributed by atoms with van der Waals surface area (Å²) in [5.74, 6) is 0. The zero-order valence-corrected chi connectivity index (χ0v) is 20.0. The fourth-order valence-electron chi connectivity index (χ4n) is 3.58. The van der Waals surface area contributed by atoms with Gasteiger partial charge in [0.1, 0.15) is 5.65 Å². The van der Waals surface area contributed by atoms with Gasteiger partial charge in [0.25, 0.3) is 0 Å². The van der Waals surface area contributed by atoms with Gasteiger partial charge in [-0.3, -0.25) is 4.40 Å². The minimum Gasteiger partial charge on any atom is -0.397 e. The number of benzene rings is 1. The number of imidazole rings is 1. The molecule has 0 aliphatic heterocycles. The van der Waals surface area contributed by atoms with Crippen LogP contribution in [0.1, 0.15) is 16.1 Å². The number of pyridine rings is 1. The van der Waals surface area contributed by atoms with Crippen molar-refractivity contribution in [1.29, 1.82) is 0 Å². The number of thiazole rings is 1. The maximum atomic E-state index is 13.2. The van der Waals surface area contributed by atoms with Gasteiger partial charge in [-0.25, -0.2) is 9.97 Å². The van der Waals surface area contributed by atoms with Crippen LogP contribution in [0.5, 0.6) is 0 Å². The van der Waals surface area contributed by atoms with Crippen LogP contribution in [0.3, 0.4) is 0 Å². The van der Waals surface area contributed by atoms with Crippen molar-refractivity contribution in [1.82, 2.24) is 14.4 Å². The van der Waals surface area contributed by atoms with E-state index in [-0.39, 0.29) is 0 Å². The number of thiophene rings is 1. The predicted molar refractivity (Wildman–Crippen MR) is 137 cm³/mol. The number of para-hydroxylation sites is 2. The molecule has 0 spiro atoms. The summed E-state index contributed by atoms with van der Waals surface area (Å²) in [5.41, 5.74) is 9.03. The first-order chi connectivity index (χ1) is 16.7. The van der Waals surface area contributed by atoms with Gasteiger partial charge in [-0.2, -0.15) is 13.2 Å². The van der Waals surface area contributed by atoms with Crippen molar-refractivity contribution < 1.29 is 13.2 Å². The summed E-state index contributed by atoms with van der Waals surface area (Å²) in [7, 11) is 0. The summed E-state index contributed by atoms with van der Waals surface area (Å²) in [6.07, 6.45) is -1.73. The van der Waals surface area contributed by atoms with E-state index >= 15 is 0 Å². The second kappa shape index (κ2) is 8.75. The molecular formula is C24H19F3N6S2. The van der Waals surface area contributed by atoms with Gasteiger partial charge in [-0.05, 0) is 43.3 Å². The number of alkyl halides is 3. The van der Waals surface area contributed by atoms with Crippen molar-refractivity contribution in [2.45, 2.75) is 13.1 Å². The van der Waals surface area contributed by atoms with E-state index in [0.717, 1.165) is 27.8 Å². The molecule has 0 unspecified atom stereocenters. The van der Waals surface area contributed by atoms with Crippen LogP contribution in [-0.4, -0.2) is 14.4 Å². The van der Waals surface area contributed by atoms with E-state index in [1.165, 1.54) is 33.1 Å². The molecule has 0 fully saturated rings. The fraction of sp³-hybridized carbons (Fsp3) is 0.0833. The second-order valence-corrected chi connectivity index (χ2v) is 9.81. The first-order valence-electron chi connectivity index (χ1n) is 10.4. The number of halogens is 3. The smallest absolute Gasteiger partial charge is 0.397 e. The number of nitrogen functional groups attached to an aromatic ring is 1. The molecule has 0 amide bonds. The van der Waals surface area contributed by atoms with Crippen molar-refractivity contribution in [3.8, 4) is 10.6 Å². The zero-order chi connectivity index (χ0) is 24.7. The number of fused-ring (bicyclic) bond motifs is 1. The number of rotatable bonds is 6. The molecule has 0 atom stereocenters. The number of hydrogen-bond donors (Lipinski definition) is 3. The van der Waals surface area contributed by atoms with Crippen LogP contribution < -0.4 is 16.4 Å². The van der Waals surface area contributed by atoms with Crippen LogP contribution in [0.2, 0.25) is 0 Å². The van der Waals surface area contributed by atoms with Crippen molar-refractivity contribution in [2.24, 2.45) is 0 Å². The van der Waals surface area contributed by atoms with Crippen LogP contribution >= 0.6 is 22.7 Å². The molecule has 0 bridgehead atoms. The van der Waals surface area contributed by atoms with E-state index < -0.39 is 11.7 Å². The first kappa shape index (κ1) is 22.9. The number of anilines is 4. The molecule has 4 heterocycles. The van der Waals surface area contributed by atoms with Crippen LogP contribution in [-0.2, 0) is 6.18 Å². The average Bonchev–Trinajstić information content (AvgIpc) is 3.52. The molecule has 178 valence electrons. The summed E-state index contributed by atoms with van der Waals surface area (Å²) in [5, 5.41) is 7.95. The summed E-state index contributed by atoms with van der Waals surface area (Å²) in [6.45, 7) is 5.87. The summed E-state index contributed by atoms with van der Waals surface area (Å²) < 4.78 is 41.2. The minimum atomic E-state index is -4.44. The molecule has 0 saturated carbocycles. The SMILES string of the molecule is C=C(Nc1ccccc1N)c1ccc(Nc2ncc(-c3c(C)nc4ccc(C(F)(F)F)cn34)s2)s1. The Morgan fingerprint density at radius 2 is 1.89 bits per heavy atom. The second-order valence-electron chi connectivity index (χ2n) is 7.70. The number of aromatic nitrogens is 3. The van der Waals surface area contributed by atoms with Gasteiger partial charge in [0.05, 0.1) is 43.1 Å². The van der Waals surface area contributed by atoms with Gasteiger partial charge in [0.15, 0.2) is 5.13 Å². The highest BCUT2D eigenvalue weighted by Crippen LogP contribution is 2.37. The Morgan fingerprint density at radius 1 is 1.09 bits per heavy atom. The summed E-state index contributed by atoms with van der Waals surface area (Å²) in [4.78, 5) is 10.4. The Kier molecular flexibility index (Phi) is 5.73. The quantitative estimate of drug-likeness (QED) is 0.209. The predicted octanol–water partition coefficient (Wildman–Crippen LogP) is 7.26. The molecule has 0 aliphatic rings. The highest BCUT2D eigenvalue weighted by atomic mass is 32.1. The largest absolute Gasteiger partial charge is 0.417 e. The number of nitrogens with two attached hydrogens (primary N) is 1. The molecule has 4 aromatic heterocycles. The zero-order valence-electron chi connectivity index (χ0n) is 18.3. The number of aryl methyl sites for hydroxylation is 1. The van der Waals surface area contributed by atoms with Crippen molar-refractivity contribution in [3.05, 3.63) is 83.6 Å². The average molecular weight is 513 g/mol. The number of nitrogens with one attached hydrogen (secondary N) is 2. The Morgan fingerprint density at radius 3 is 2.66 bits per heavy atom. The van der Waals surface area contributed by atoms with Crippen molar-refractivity contribution >= 4 is 55.5 Å². The van der Waals surface area contributed by atoms with E-state index in [1.807, 2.05) is 36.4 Å². The lowest BCUT2D eigenvalue weighted by molar-refractivity contribution is -0.137. The Hall–Kier alpha value is -3.83. The molecule has 1 aromatic carbocycles. The van der Waals surface area contributed by atoms with Gasteiger partial charge in [0, 0.05) is 18.1 Å². The minimum absolute atomic E-state index is 0.446. The molecule has 35 heavy (non-hydrogen) atoms. The van der Waals surface area contributed by atoms with Crippen LogP contribution in [0.4, 0.5) is 34.7 Å². The normalized spacial score (nSPS) is 11.7. The maximum absolute atomic E-state index is 13.2. The molecule has 5 rings (SSSR count). The monoisotopic (exact) mass is 512 g/mol. The highest BCUT2D eigenvalue weighted by molar-refractivity contribution is 7.20. The lowest BCUT2D eigenvalue weighted by Crippen LogP contribution is -2.06. The van der Waals surface area contributed by atoms with Crippen LogP contribution in [0.15, 0.2) is 67.5 Å². The van der Waals surface area contributed by atoms with Crippen LogP contribution in [0, 0.1) is 6.92 Å². The Labute approximate surface area is 206 Å². The lowest BCUT2D eigenvalue weighted by Gasteiger charge is -2.10. The maximum Gasteiger partial charge on any atom is 0.417 e. The van der Waals surface area contributed by atoms with E-state index in [2.05, 4.69) is 27.2 Å². The molecule has 4 N–H and O–H groups in total. The lowest BCUT2D eigenvalue weighted by atomic mass is 10.2. The van der Waals surface area contributed by atoms with E-state index in [1.54, 1.807) is 13.1 Å². The third-order valence-corrected chi connectivity index (χ3v) is 7.22. The van der Waals surface area contributed by atoms with E-state index in [9.17, 15) is 13.2 Å². The van der Waals surface area contributed by atoms with Crippen molar-refractivity contribution in [3.63, 3.8) is 0 Å². The van der Waals surface area contributed by atoms with E-state index in [0.29, 0.717) is 38.4 Å². The molecule has 6 nitrogen and oxygen atoms in total. The number of nitrogens with zero attached hydrogens (tertiary/aromatic N) is 3. The fourth-order valence-corrected chi connectivity index (χ4v) is 5.39. The molecular weight excluding hydrogens is 493 g/mol. The van der Waals surface area contributed by atoms with Gasteiger partial charge < -0.3 is 16.4 Å². The molecule has 0 aliphatic carbocycles. The Bertz CT molecular complexity index is 1550. The van der Waals surface area contributed by atoms with Gasteiger partial charge >= 0.3 is 6.18 Å². The molecule has 11 heteroatoms. The van der Waals surface area contributed by atoms with Gasteiger partial charge in [-0.15, -0.1) is 11.3 Å². The third-order valence-electron chi connectivity index (χ3n) is 5.24. The summed E-state index contributed by atoms with van der Waals surface area (Å²) >= 11 is 2.83. The van der Waals surface area contributed by atoms with Crippen molar-refractivity contribution in [2.75, 3.05) is 16.4 Å². The van der Waals surface area contributed by atoms with E-state index in [4.69, 9.17) is 5.73 Å². The topological polar surface area (TPSA) is 80.3 Å². The standard InChI is InChI=1S/C24H19F3N6S2/c1-13(30-17-6-4-3-5-16(17)28)18-8-10-21(34-18)32-23-29-11-19(35-23)22-14(2)31-20-9-7-15(12-33(20)22)24(25,26)27/h3-12,30H,1,28H2,2H3,(H,29,32). The number of hydrogen-bond acceptors (Lipinski definition) is 7. The summed E-state index contributed by atoms with van der Waals surface area (Å²) in [6, 6.07) is 13.7. The highest BCUT2D eigenvalue weighted by Gasteiger charge is 2.31. The molecule has 5 aromatic rings. The van der Waals surface area contributed by atoms with Gasteiger partial charge in [0.2, 0.25) is 0 Å². The third kappa shape index (κ3) is 4.60. The first-order valence-corrected chi connectivity index (χ1v) is 12.0. The Balaban J connectivity index is 1.36.